The maximum absolute atomic E-state index is 9.00. The lowest BCUT2D eigenvalue weighted by Gasteiger charge is -2.03. The number of anilines is 1. The fourth-order valence-electron chi connectivity index (χ4n) is 1.38. The molecule has 2 aromatic heterocycles. The molecule has 5 heteroatoms. The first kappa shape index (κ1) is 10.5. The van der Waals surface area contributed by atoms with Crippen LogP contribution >= 0.6 is 11.6 Å². The fraction of sp³-hybridized carbons (Fsp3) is 0.0909. The molecule has 0 atom stereocenters. The second-order valence-corrected chi connectivity index (χ2v) is 3.68. The van der Waals surface area contributed by atoms with Crippen LogP contribution in [0.25, 0.3) is 11.5 Å². The number of halogens is 1. The lowest BCUT2D eigenvalue weighted by molar-refractivity contribution is 0.546. The van der Waals surface area contributed by atoms with E-state index in [-0.39, 0.29) is 16.4 Å². The van der Waals surface area contributed by atoms with Gasteiger partial charge >= 0.3 is 0 Å². The summed E-state index contributed by atoms with van der Waals surface area (Å²) in [6.07, 6.45) is 0. The highest BCUT2D eigenvalue weighted by Gasteiger charge is 2.14. The van der Waals surface area contributed by atoms with Crippen molar-refractivity contribution in [1.82, 2.24) is 4.98 Å². The van der Waals surface area contributed by atoms with E-state index in [1.54, 1.807) is 12.1 Å². The zero-order valence-corrected chi connectivity index (χ0v) is 9.25. The fourth-order valence-corrected chi connectivity index (χ4v) is 1.62. The topological polar surface area (TPSA) is 75.8 Å². The van der Waals surface area contributed by atoms with E-state index in [4.69, 9.17) is 27.0 Å². The molecular formula is C11H8ClN3O. The van der Waals surface area contributed by atoms with Gasteiger partial charge in [-0.3, -0.25) is 0 Å². The number of nitriles is 1. The van der Waals surface area contributed by atoms with Crippen LogP contribution in [0.4, 0.5) is 5.82 Å². The summed E-state index contributed by atoms with van der Waals surface area (Å²) in [4.78, 5) is 4.07. The first-order valence-corrected chi connectivity index (χ1v) is 4.92. The van der Waals surface area contributed by atoms with Crippen molar-refractivity contribution in [2.24, 2.45) is 0 Å². The average Bonchev–Trinajstić information content (AvgIpc) is 2.63. The summed E-state index contributed by atoms with van der Waals surface area (Å²) in [6, 6.07) is 6.95. The second kappa shape index (κ2) is 3.87. The van der Waals surface area contributed by atoms with Crippen LogP contribution in [0.3, 0.4) is 0 Å². The molecule has 0 unspecified atom stereocenters. The first-order chi connectivity index (χ1) is 7.61. The Labute approximate surface area is 97.3 Å². The highest BCUT2D eigenvalue weighted by molar-refractivity contribution is 6.32. The van der Waals surface area contributed by atoms with Gasteiger partial charge in [0.2, 0.25) is 0 Å². The predicted molar refractivity (Wildman–Crippen MR) is 60.8 cm³/mol. The lowest BCUT2D eigenvalue weighted by Crippen LogP contribution is -1.96. The Morgan fingerprint density at radius 3 is 2.81 bits per heavy atom. The normalized spacial score (nSPS) is 10.1. The van der Waals surface area contributed by atoms with Gasteiger partial charge in [-0.2, -0.15) is 5.26 Å². The lowest BCUT2D eigenvalue weighted by atomic mass is 10.1. The van der Waals surface area contributed by atoms with E-state index in [2.05, 4.69) is 4.98 Å². The monoisotopic (exact) mass is 233 g/mol. The third-order valence-electron chi connectivity index (χ3n) is 2.08. The molecule has 0 aliphatic rings. The van der Waals surface area contributed by atoms with Gasteiger partial charge in [0.05, 0.1) is 5.02 Å². The molecule has 0 spiro atoms. The van der Waals surface area contributed by atoms with Crippen molar-refractivity contribution in [3.63, 3.8) is 0 Å². The molecule has 2 N–H and O–H groups in total. The maximum atomic E-state index is 9.00. The third kappa shape index (κ3) is 1.73. The van der Waals surface area contributed by atoms with Gasteiger partial charge in [-0.05, 0) is 19.1 Å². The van der Waals surface area contributed by atoms with Gasteiger partial charge in [0.15, 0.2) is 5.76 Å². The summed E-state index contributed by atoms with van der Waals surface area (Å²) in [6.45, 7) is 1.81. The van der Waals surface area contributed by atoms with Gasteiger partial charge in [-0.1, -0.05) is 11.6 Å². The van der Waals surface area contributed by atoms with Crippen LogP contribution in [0.1, 0.15) is 11.3 Å². The molecule has 0 bridgehead atoms. The van der Waals surface area contributed by atoms with E-state index in [0.29, 0.717) is 11.5 Å². The minimum absolute atomic E-state index is 0.257. The van der Waals surface area contributed by atoms with E-state index < -0.39 is 0 Å². The Morgan fingerprint density at radius 2 is 2.25 bits per heavy atom. The van der Waals surface area contributed by atoms with E-state index >= 15 is 0 Å². The number of furan rings is 1. The number of rotatable bonds is 1. The van der Waals surface area contributed by atoms with Crippen molar-refractivity contribution in [2.45, 2.75) is 6.92 Å². The maximum Gasteiger partial charge on any atom is 0.154 e. The van der Waals surface area contributed by atoms with Crippen LogP contribution in [0.5, 0.6) is 0 Å². The third-order valence-corrected chi connectivity index (χ3v) is 2.37. The Hall–Kier alpha value is -1.99. The molecule has 0 saturated carbocycles. The van der Waals surface area contributed by atoms with Crippen LogP contribution in [0.2, 0.25) is 5.02 Å². The Bertz CT molecular complexity index is 583. The summed E-state index contributed by atoms with van der Waals surface area (Å²) in [5, 5.41) is 9.28. The smallest absolute Gasteiger partial charge is 0.154 e. The summed E-state index contributed by atoms with van der Waals surface area (Å²) < 4.78 is 5.39. The van der Waals surface area contributed by atoms with E-state index in [0.717, 1.165) is 5.76 Å². The van der Waals surface area contributed by atoms with Gasteiger partial charge in [-0.25, -0.2) is 4.98 Å². The van der Waals surface area contributed by atoms with Gasteiger partial charge in [-0.15, -0.1) is 0 Å². The Morgan fingerprint density at radius 1 is 1.50 bits per heavy atom. The van der Waals surface area contributed by atoms with Gasteiger partial charge in [0, 0.05) is 6.07 Å². The number of aromatic nitrogens is 1. The van der Waals surface area contributed by atoms with Crippen molar-refractivity contribution in [2.75, 3.05) is 5.73 Å². The molecule has 2 heterocycles. The van der Waals surface area contributed by atoms with Crippen molar-refractivity contribution < 1.29 is 4.42 Å². The molecule has 4 nitrogen and oxygen atoms in total. The molecule has 0 radical (unpaired) electrons. The highest BCUT2D eigenvalue weighted by Crippen LogP contribution is 2.29. The number of hydrogen-bond acceptors (Lipinski definition) is 4. The number of nitrogens with zero attached hydrogens (tertiary/aromatic N) is 2. The Kier molecular flexibility index (Phi) is 2.55. The molecule has 2 aromatic rings. The largest absolute Gasteiger partial charge is 0.460 e. The molecule has 0 aromatic carbocycles. The van der Waals surface area contributed by atoms with Crippen molar-refractivity contribution in [3.05, 3.63) is 34.5 Å². The van der Waals surface area contributed by atoms with E-state index in [1.807, 2.05) is 13.0 Å². The molecule has 0 aliphatic carbocycles. The van der Waals surface area contributed by atoms with Crippen molar-refractivity contribution in [3.8, 4) is 17.5 Å². The van der Waals surface area contributed by atoms with Gasteiger partial charge in [0.25, 0.3) is 0 Å². The zero-order chi connectivity index (χ0) is 11.7. The molecule has 0 fully saturated rings. The van der Waals surface area contributed by atoms with Crippen LogP contribution in [0.15, 0.2) is 22.6 Å². The number of nitrogens with two attached hydrogens (primary N) is 1. The summed E-state index contributed by atoms with van der Waals surface area (Å²) in [5.41, 5.74) is 6.22. The summed E-state index contributed by atoms with van der Waals surface area (Å²) in [5.74, 6) is 1.48. The van der Waals surface area contributed by atoms with E-state index in [9.17, 15) is 0 Å². The Balaban J connectivity index is 2.69. The molecule has 80 valence electrons. The number of hydrogen-bond donors (Lipinski definition) is 1. The predicted octanol–water partition coefficient (Wildman–Crippen LogP) is 2.76. The SMILES string of the molecule is Cc1ccc(-c2nc(N)cc(Cl)c2C#N)o1. The molecule has 16 heavy (non-hydrogen) atoms. The van der Waals surface area contributed by atoms with Crippen LogP contribution in [-0.2, 0) is 0 Å². The minimum Gasteiger partial charge on any atom is -0.460 e. The van der Waals surface area contributed by atoms with E-state index in [1.165, 1.54) is 6.07 Å². The first-order valence-electron chi connectivity index (χ1n) is 4.54. The van der Waals surface area contributed by atoms with Crippen molar-refractivity contribution in [1.29, 1.82) is 5.26 Å². The molecule has 2 rings (SSSR count). The standard InChI is InChI=1S/C11H8ClN3O/c1-6-2-3-9(16-6)11-7(5-13)8(12)4-10(14)15-11/h2-4H,1H3,(H2,14,15). The zero-order valence-electron chi connectivity index (χ0n) is 8.49. The summed E-state index contributed by atoms with van der Waals surface area (Å²) >= 11 is 5.91. The number of aryl methyl sites for hydroxylation is 1. The number of pyridine rings is 1. The molecular weight excluding hydrogens is 226 g/mol. The molecule has 0 saturated heterocycles. The summed E-state index contributed by atoms with van der Waals surface area (Å²) in [7, 11) is 0. The quantitative estimate of drug-likeness (QED) is 0.822. The van der Waals surface area contributed by atoms with Gasteiger partial charge in [0.1, 0.15) is 28.9 Å². The highest BCUT2D eigenvalue weighted by atomic mass is 35.5. The average molecular weight is 234 g/mol. The van der Waals surface area contributed by atoms with Crippen LogP contribution < -0.4 is 5.73 Å². The van der Waals surface area contributed by atoms with Crippen LogP contribution in [-0.4, -0.2) is 4.98 Å². The van der Waals surface area contributed by atoms with Crippen molar-refractivity contribution >= 4 is 17.4 Å². The second-order valence-electron chi connectivity index (χ2n) is 3.27. The number of nitrogen functional groups attached to an aromatic ring is 1. The minimum atomic E-state index is 0.257. The molecule has 0 amide bonds. The molecule has 0 aliphatic heterocycles. The van der Waals surface area contributed by atoms with Gasteiger partial charge < -0.3 is 10.2 Å². The van der Waals surface area contributed by atoms with Crippen LogP contribution in [0, 0.1) is 18.3 Å².